The first kappa shape index (κ1) is 57.3. The summed E-state index contributed by atoms with van der Waals surface area (Å²) in [6.07, 6.45) is 3.25. The third-order valence-electron chi connectivity index (χ3n) is 12.0. The van der Waals surface area contributed by atoms with Crippen LogP contribution < -0.4 is 43.0 Å². The molecule has 0 saturated carbocycles. The van der Waals surface area contributed by atoms with Gasteiger partial charge in [0.25, 0.3) is 0 Å². The zero-order valence-corrected chi connectivity index (χ0v) is 41.2. The van der Waals surface area contributed by atoms with Crippen molar-refractivity contribution in [1.82, 2.24) is 57.2 Å². The van der Waals surface area contributed by atoms with Crippen LogP contribution in [0.3, 0.4) is 0 Å². The molecule has 0 spiro atoms. The van der Waals surface area contributed by atoms with Gasteiger partial charge in [-0.3, -0.25) is 43.2 Å². The molecule has 26 heteroatoms. The number of aromatic nitrogens is 4. The molecule has 3 aromatic heterocycles. The third-order valence-corrected chi connectivity index (χ3v) is 12.0. The topological polar surface area (TPSA) is 422 Å². The highest BCUT2D eigenvalue weighted by Gasteiger charge is 2.35. The normalized spacial score (nSPS) is 14.5. The second-order valence-electron chi connectivity index (χ2n) is 18.3. The molecule has 0 unspecified atom stereocenters. The van der Waals surface area contributed by atoms with Gasteiger partial charge >= 0.3 is 17.9 Å². The minimum Gasteiger partial charge on any atom is -0.481 e. The van der Waals surface area contributed by atoms with Crippen LogP contribution in [0.15, 0.2) is 73.4 Å². The van der Waals surface area contributed by atoms with Gasteiger partial charge in [-0.1, -0.05) is 50.2 Å². The van der Waals surface area contributed by atoms with Crippen LogP contribution in [-0.2, 0) is 67.2 Å². The number of hydrogen-bond acceptors (Lipinski definition) is 13. The average molecular weight is 1040 g/mol. The summed E-state index contributed by atoms with van der Waals surface area (Å²) in [7, 11) is 0. The predicted molar refractivity (Wildman–Crippen MR) is 267 cm³/mol. The Morgan fingerprint density at radius 3 is 1.51 bits per heavy atom. The van der Waals surface area contributed by atoms with E-state index in [0.29, 0.717) is 38.6 Å². The number of para-hydroxylation sites is 2. The van der Waals surface area contributed by atoms with Crippen molar-refractivity contribution >= 4 is 81.1 Å². The Kier molecular flexibility index (Phi) is 20.5. The molecule has 0 aliphatic rings. The standard InChI is InChI=1S/C49H62N12O14/c1-24(2)14-38(49(74)75)60-46(71)36(16-27-20-53-33-11-7-5-9-30(27)33)59-48(73)39(22-62)61-44(69)34(12-13-40(63)64)56-45(70)35(15-26-19-52-32-10-6-4-8-29(26)32)58-47(72)37(17-28-21-51-23-54-28)57-42(67)25(3)55-43(68)31(50)18-41(65)66/h4-11,19-21,23-25,31,34-39,52-53,62H,12-18,22,50H2,1-3H3,(H,51,54)(H,55,68)(H,56,70)(H,57,67)(H,58,72)(H,59,73)(H,60,71)(H,61,69)(H,63,64)(H,65,66)(H,74,75)/t25-,31-,34-,35-,36-,37-,38-,39-/m0/s1. The number of nitrogens with zero attached hydrogens (tertiary/aromatic N) is 1. The summed E-state index contributed by atoms with van der Waals surface area (Å²) < 4.78 is 0. The number of carbonyl (C=O) groups is 10. The second-order valence-corrected chi connectivity index (χ2v) is 18.3. The number of carbonyl (C=O) groups excluding carboxylic acids is 7. The van der Waals surface area contributed by atoms with E-state index in [1.54, 1.807) is 74.8 Å². The van der Waals surface area contributed by atoms with Gasteiger partial charge in [0, 0.05) is 71.8 Å². The predicted octanol–water partition coefficient (Wildman–Crippen LogP) is -1.40. The number of H-pyrrole nitrogens is 3. The van der Waals surface area contributed by atoms with Crippen LogP contribution in [0.5, 0.6) is 0 Å². The van der Waals surface area contributed by atoms with Gasteiger partial charge in [0.15, 0.2) is 0 Å². The van der Waals surface area contributed by atoms with Crippen molar-refractivity contribution < 1.29 is 68.4 Å². The molecule has 7 amide bonds. The van der Waals surface area contributed by atoms with Gasteiger partial charge < -0.3 is 78.3 Å². The lowest BCUT2D eigenvalue weighted by molar-refractivity contribution is -0.143. The fourth-order valence-corrected chi connectivity index (χ4v) is 8.03. The Hall–Kier alpha value is -8.65. The molecular weight excluding hydrogens is 981 g/mol. The van der Waals surface area contributed by atoms with E-state index < -0.39 is 133 Å². The van der Waals surface area contributed by atoms with E-state index in [1.807, 2.05) is 0 Å². The molecule has 16 N–H and O–H groups in total. The van der Waals surface area contributed by atoms with E-state index in [2.05, 4.69) is 57.2 Å². The van der Waals surface area contributed by atoms with E-state index in [-0.39, 0.29) is 31.6 Å². The van der Waals surface area contributed by atoms with Crippen LogP contribution in [-0.4, -0.2) is 155 Å². The molecule has 2 aromatic carbocycles. The Bertz CT molecular complexity index is 2850. The van der Waals surface area contributed by atoms with Crippen molar-refractivity contribution in [3.05, 3.63) is 90.3 Å². The van der Waals surface area contributed by atoms with Gasteiger partial charge in [0.1, 0.15) is 42.3 Å². The average Bonchev–Trinajstić information content (AvgIpc) is 4.14. The molecule has 0 radical (unpaired) electrons. The quantitative estimate of drug-likeness (QED) is 0.0262. The minimum absolute atomic E-state index is 0.0528. The van der Waals surface area contributed by atoms with Crippen molar-refractivity contribution in [2.75, 3.05) is 6.61 Å². The number of aliphatic hydroxyl groups is 1. The molecule has 0 aliphatic carbocycles. The first-order chi connectivity index (χ1) is 35.6. The molecule has 0 bridgehead atoms. The lowest BCUT2D eigenvalue weighted by Crippen LogP contribution is -2.61. The van der Waals surface area contributed by atoms with Crippen molar-refractivity contribution in [1.29, 1.82) is 0 Å². The number of hydrogen-bond donors (Lipinski definition) is 15. The molecule has 5 aromatic rings. The van der Waals surface area contributed by atoms with Gasteiger partial charge in [-0.05, 0) is 48.9 Å². The highest BCUT2D eigenvalue weighted by molar-refractivity contribution is 5.99. The lowest BCUT2D eigenvalue weighted by atomic mass is 10.0. The van der Waals surface area contributed by atoms with Crippen LogP contribution in [0, 0.1) is 5.92 Å². The van der Waals surface area contributed by atoms with E-state index in [9.17, 15) is 63.3 Å². The number of carboxylic acids is 3. The molecule has 5 rings (SSSR count). The summed E-state index contributed by atoms with van der Waals surface area (Å²) in [6.45, 7) is 3.72. The first-order valence-electron chi connectivity index (χ1n) is 23.9. The monoisotopic (exact) mass is 1040 g/mol. The van der Waals surface area contributed by atoms with E-state index in [0.717, 1.165) is 0 Å². The molecule has 75 heavy (non-hydrogen) atoms. The summed E-state index contributed by atoms with van der Waals surface area (Å²) in [6, 6.07) is 1.81. The number of amides is 7. The van der Waals surface area contributed by atoms with E-state index in [1.165, 1.54) is 19.4 Å². The number of aliphatic carboxylic acids is 3. The Morgan fingerprint density at radius 1 is 0.560 bits per heavy atom. The number of rotatable bonds is 29. The van der Waals surface area contributed by atoms with Gasteiger partial charge in [-0.2, -0.15) is 0 Å². The Balaban J connectivity index is 1.40. The number of aliphatic hydroxyl groups excluding tert-OH is 1. The second kappa shape index (κ2) is 26.9. The summed E-state index contributed by atoms with van der Waals surface area (Å²) >= 11 is 0. The van der Waals surface area contributed by atoms with E-state index >= 15 is 0 Å². The largest absolute Gasteiger partial charge is 0.481 e. The number of aromatic amines is 3. The molecular formula is C49H62N12O14. The third kappa shape index (κ3) is 16.7. The number of nitrogens with one attached hydrogen (secondary N) is 10. The molecule has 26 nitrogen and oxygen atoms in total. The van der Waals surface area contributed by atoms with Crippen LogP contribution in [0.4, 0.5) is 0 Å². The molecule has 402 valence electrons. The van der Waals surface area contributed by atoms with Crippen LogP contribution in [0.2, 0.25) is 0 Å². The molecule has 8 atom stereocenters. The summed E-state index contributed by atoms with van der Waals surface area (Å²) in [5.41, 5.74) is 8.43. The summed E-state index contributed by atoms with van der Waals surface area (Å²) in [4.78, 5) is 145. The number of benzene rings is 2. The van der Waals surface area contributed by atoms with Gasteiger partial charge in [0.2, 0.25) is 41.4 Å². The molecule has 3 heterocycles. The zero-order valence-electron chi connectivity index (χ0n) is 41.2. The Morgan fingerprint density at radius 2 is 1.03 bits per heavy atom. The SMILES string of the molecule is CC(C)C[C@H](NC(=O)[C@H](Cc1c[nH]c2ccccc12)NC(=O)[C@H](CO)NC(=O)[C@H](CCC(=O)O)NC(=O)[C@H](Cc1c[nH]c2ccccc12)NC(=O)[C@H](Cc1cnc[nH]1)NC(=O)[C@H](C)NC(=O)[C@@H](N)CC(=O)O)C(=O)O. The maximum absolute atomic E-state index is 14.5. The number of nitrogens with two attached hydrogens (primary N) is 1. The zero-order chi connectivity index (χ0) is 54.9. The first-order valence-corrected chi connectivity index (χ1v) is 23.9. The van der Waals surface area contributed by atoms with E-state index in [4.69, 9.17) is 10.8 Å². The van der Waals surface area contributed by atoms with Gasteiger partial charge in [-0.25, -0.2) is 9.78 Å². The van der Waals surface area contributed by atoms with Crippen molar-refractivity contribution in [2.45, 2.75) is 114 Å². The van der Waals surface area contributed by atoms with Crippen molar-refractivity contribution in [3.63, 3.8) is 0 Å². The molecule has 0 saturated heterocycles. The lowest BCUT2D eigenvalue weighted by Gasteiger charge is -2.27. The molecule has 0 fully saturated rings. The highest BCUT2D eigenvalue weighted by Crippen LogP contribution is 2.21. The number of carboxylic acid groups (broad SMARTS) is 3. The highest BCUT2D eigenvalue weighted by atomic mass is 16.4. The van der Waals surface area contributed by atoms with Crippen molar-refractivity contribution in [3.8, 4) is 0 Å². The summed E-state index contributed by atoms with van der Waals surface area (Å²) in [5.74, 6) is -11.2. The smallest absolute Gasteiger partial charge is 0.326 e. The molecule has 0 aliphatic heterocycles. The van der Waals surface area contributed by atoms with Gasteiger partial charge in [-0.15, -0.1) is 0 Å². The number of fused-ring (bicyclic) bond motifs is 2. The maximum atomic E-state index is 14.5. The minimum atomic E-state index is -1.82. The van der Waals surface area contributed by atoms with Gasteiger partial charge in [0.05, 0.1) is 25.4 Å². The maximum Gasteiger partial charge on any atom is 0.326 e. The fraction of sp³-hybridized carbons (Fsp3) is 0.408. The van der Waals surface area contributed by atoms with Crippen LogP contribution in [0.25, 0.3) is 21.8 Å². The van der Waals surface area contributed by atoms with Crippen molar-refractivity contribution in [2.24, 2.45) is 11.7 Å². The van der Waals surface area contributed by atoms with Crippen LogP contribution in [0.1, 0.15) is 63.3 Å². The number of imidazole rings is 1. The summed E-state index contributed by atoms with van der Waals surface area (Å²) in [5, 5.41) is 57.6. The Labute approximate surface area is 428 Å². The van der Waals surface area contributed by atoms with Crippen LogP contribution >= 0.6 is 0 Å². The fourth-order valence-electron chi connectivity index (χ4n) is 8.03.